The van der Waals surface area contributed by atoms with Gasteiger partial charge < -0.3 is 15.0 Å². The van der Waals surface area contributed by atoms with Crippen molar-refractivity contribution in [3.05, 3.63) is 66.6 Å². The van der Waals surface area contributed by atoms with Crippen LogP contribution in [0.25, 0.3) is 6.08 Å². The van der Waals surface area contributed by atoms with Crippen molar-refractivity contribution in [2.75, 3.05) is 43.1 Å². The van der Waals surface area contributed by atoms with Crippen LogP contribution in [0.3, 0.4) is 0 Å². The number of hydrogen-bond donors (Lipinski definition) is 1. The van der Waals surface area contributed by atoms with Gasteiger partial charge in [0.2, 0.25) is 5.91 Å². The van der Waals surface area contributed by atoms with Crippen LogP contribution in [-0.4, -0.2) is 59.7 Å². The molecule has 0 saturated carbocycles. The first kappa shape index (κ1) is 24.2. The monoisotopic (exact) mass is 594 g/mol. The molecule has 10 nitrogen and oxygen atoms in total. The maximum absolute atomic E-state index is 12.8. The second-order valence-electron chi connectivity index (χ2n) is 7.43. The smallest absolute Gasteiger partial charge is 0.294 e. The number of thioether (sulfide) groups is 1. The van der Waals surface area contributed by atoms with E-state index >= 15 is 0 Å². The number of nitrogens with one attached hydrogen (secondary N) is 1. The van der Waals surface area contributed by atoms with Crippen LogP contribution in [0.1, 0.15) is 5.56 Å². The summed E-state index contributed by atoms with van der Waals surface area (Å²) in [4.78, 5) is 51.5. The Balaban J connectivity index is 1.49. The van der Waals surface area contributed by atoms with Crippen LogP contribution < -0.4 is 10.2 Å². The van der Waals surface area contributed by atoms with Crippen molar-refractivity contribution in [3.63, 3.8) is 0 Å². The molecule has 4 rings (SSSR count). The molecule has 2 heterocycles. The van der Waals surface area contributed by atoms with Crippen molar-refractivity contribution in [1.82, 2.24) is 4.90 Å². The highest BCUT2D eigenvalue weighted by Crippen LogP contribution is 2.35. The first-order valence-corrected chi connectivity index (χ1v) is 12.1. The Hall–Kier alpha value is -2.97. The van der Waals surface area contributed by atoms with Crippen LogP contribution in [0, 0.1) is 13.7 Å². The van der Waals surface area contributed by atoms with Crippen LogP contribution >= 0.6 is 34.4 Å². The minimum absolute atomic E-state index is 0.0909. The molecule has 0 aromatic heterocycles. The lowest BCUT2D eigenvalue weighted by atomic mass is 10.1. The molecule has 0 aliphatic carbocycles. The molecule has 2 aliphatic heterocycles. The third-order valence-corrected chi connectivity index (χ3v) is 6.78. The van der Waals surface area contributed by atoms with E-state index in [2.05, 4.69) is 27.9 Å². The Bertz CT molecular complexity index is 1180. The summed E-state index contributed by atoms with van der Waals surface area (Å²) in [6.07, 6.45) is 1.43. The number of halogens is 1. The summed E-state index contributed by atoms with van der Waals surface area (Å²) in [5, 5.41) is 13.7. The zero-order valence-electron chi connectivity index (χ0n) is 17.7. The lowest BCUT2D eigenvalue weighted by Gasteiger charge is -2.28. The predicted octanol–water partition coefficient (Wildman–Crippen LogP) is 3.71. The van der Waals surface area contributed by atoms with Gasteiger partial charge >= 0.3 is 0 Å². The number of anilines is 2. The van der Waals surface area contributed by atoms with Crippen molar-refractivity contribution < 1.29 is 24.0 Å². The molecule has 3 amide bonds. The lowest BCUT2D eigenvalue weighted by Crippen LogP contribution is -2.36. The SMILES string of the molecule is O=C(CN1C(=O)S/C(=C\c2ccc(N3CCOCC3)c([N+](=O)[O-])c2)C1=O)Nc1ccc(I)cc1. The number of imide groups is 1. The average Bonchev–Trinajstić information content (AvgIpc) is 3.08. The van der Waals surface area contributed by atoms with E-state index in [1.807, 2.05) is 17.0 Å². The Morgan fingerprint density at radius 2 is 1.88 bits per heavy atom. The highest BCUT2D eigenvalue weighted by atomic mass is 127. The standard InChI is InChI=1S/C22H19IN4O6S/c23-15-2-4-16(5-3-15)24-20(28)13-26-21(29)19(34-22(26)30)12-14-1-6-17(18(11-14)27(31)32)25-7-9-33-10-8-25/h1-6,11-12H,7-10,13H2,(H,24,28)/b19-12-. The summed E-state index contributed by atoms with van der Waals surface area (Å²) in [5.41, 5.74) is 1.36. The topological polar surface area (TPSA) is 122 Å². The number of ether oxygens (including phenoxy) is 1. The minimum Gasteiger partial charge on any atom is -0.378 e. The Morgan fingerprint density at radius 3 is 2.56 bits per heavy atom. The number of rotatable bonds is 6. The van der Waals surface area contributed by atoms with Crippen LogP contribution in [0.15, 0.2) is 47.4 Å². The molecule has 0 unspecified atom stereocenters. The van der Waals surface area contributed by atoms with Gasteiger partial charge in [0, 0.05) is 28.4 Å². The number of amides is 3. The van der Waals surface area contributed by atoms with E-state index in [0.29, 0.717) is 55.0 Å². The summed E-state index contributed by atoms with van der Waals surface area (Å²) >= 11 is 2.84. The molecule has 2 fully saturated rings. The van der Waals surface area contributed by atoms with E-state index in [4.69, 9.17) is 4.74 Å². The zero-order chi connectivity index (χ0) is 24.2. The number of carbonyl (C=O) groups is 3. The Kier molecular flexibility index (Phi) is 7.48. The van der Waals surface area contributed by atoms with Crippen LogP contribution in [-0.2, 0) is 14.3 Å². The molecule has 176 valence electrons. The van der Waals surface area contributed by atoms with E-state index in [0.717, 1.165) is 8.47 Å². The molecule has 0 spiro atoms. The number of carbonyl (C=O) groups excluding carboxylic acids is 3. The minimum atomic E-state index is -0.618. The Labute approximate surface area is 212 Å². The van der Waals surface area contributed by atoms with Crippen LogP contribution in [0.2, 0.25) is 0 Å². The molecule has 2 aromatic carbocycles. The number of nitro groups is 1. The fourth-order valence-corrected chi connectivity index (χ4v) is 4.71. The number of nitrogens with zero attached hydrogens (tertiary/aromatic N) is 3. The summed E-state index contributed by atoms with van der Waals surface area (Å²) in [6, 6.07) is 11.8. The molecule has 2 aliphatic rings. The highest BCUT2D eigenvalue weighted by molar-refractivity contribution is 14.1. The molecule has 1 N–H and O–H groups in total. The number of morpholine rings is 1. The Morgan fingerprint density at radius 1 is 1.18 bits per heavy atom. The van der Waals surface area contributed by atoms with Gasteiger partial charge in [-0.2, -0.15) is 0 Å². The van der Waals surface area contributed by atoms with Crippen molar-refractivity contribution in [1.29, 1.82) is 0 Å². The first-order chi connectivity index (χ1) is 16.3. The van der Waals surface area contributed by atoms with Crippen LogP contribution in [0.5, 0.6) is 0 Å². The second kappa shape index (κ2) is 10.5. The van der Waals surface area contributed by atoms with Crippen LogP contribution in [0.4, 0.5) is 21.9 Å². The summed E-state index contributed by atoms with van der Waals surface area (Å²) in [6.45, 7) is 1.64. The van der Waals surface area contributed by atoms with E-state index in [-0.39, 0.29) is 10.6 Å². The normalized spacial score (nSPS) is 17.4. The van der Waals surface area contributed by atoms with Crippen molar-refractivity contribution in [2.24, 2.45) is 0 Å². The summed E-state index contributed by atoms with van der Waals surface area (Å²) < 4.78 is 6.31. The fourth-order valence-electron chi connectivity index (χ4n) is 3.51. The number of hydrogen-bond acceptors (Lipinski definition) is 8. The van der Waals surface area contributed by atoms with Gasteiger partial charge in [-0.25, -0.2) is 0 Å². The van der Waals surface area contributed by atoms with E-state index < -0.39 is 28.5 Å². The zero-order valence-corrected chi connectivity index (χ0v) is 20.7. The molecular formula is C22H19IN4O6S. The second-order valence-corrected chi connectivity index (χ2v) is 9.67. The highest BCUT2D eigenvalue weighted by Gasteiger charge is 2.36. The van der Waals surface area contributed by atoms with Gasteiger partial charge in [-0.05, 0) is 76.3 Å². The summed E-state index contributed by atoms with van der Waals surface area (Å²) in [5.74, 6) is -1.12. The van der Waals surface area contributed by atoms with Gasteiger partial charge in [0.25, 0.3) is 16.8 Å². The van der Waals surface area contributed by atoms with Gasteiger partial charge in [0.05, 0.1) is 23.0 Å². The molecule has 2 aromatic rings. The molecule has 34 heavy (non-hydrogen) atoms. The molecule has 2 saturated heterocycles. The molecule has 12 heteroatoms. The quantitative estimate of drug-likeness (QED) is 0.233. The molecule has 0 bridgehead atoms. The molecule has 0 radical (unpaired) electrons. The third kappa shape index (κ3) is 5.56. The fraction of sp³-hybridized carbons (Fsp3) is 0.227. The summed E-state index contributed by atoms with van der Waals surface area (Å²) in [7, 11) is 0. The van der Waals surface area contributed by atoms with E-state index in [9.17, 15) is 24.5 Å². The first-order valence-electron chi connectivity index (χ1n) is 10.2. The molecular weight excluding hydrogens is 575 g/mol. The maximum atomic E-state index is 12.8. The largest absolute Gasteiger partial charge is 0.378 e. The number of nitro benzene ring substituents is 1. The third-order valence-electron chi connectivity index (χ3n) is 5.15. The van der Waals surface area contributed by atoms with E-state index in [1.54, 1.807) is 24.3 Å². The van der Waals surface area contributed by atoms with E-state index in [1.165, 1.54) is 12.1 Å². The van der Waals surface area contributed by atoms with Crippen molar-refractivity contribution in [2.45, 2.75) is 0 Å². The average molecular weight is 594 g/mol. The van der Waals surface area contributed by atoms with Gasteiger partial charge in [-0.3, -0.25) is 29.4 Å². The van der Waals surface area contributed by atoms with Crippen molar-refractivity contribution >= 4 is 74.5 Å². The van der Waals surface area contributed by atoms with Gasteiger partial charge in [0.15, 0.2) is 0 Å². The van der Waals surface area contributed by atoms with Gasteiger partial charge in [0.1, 0.15) is 12.2 Å². The van der Waals surface area contributed by atoms with Gasteiger partial charge in [-0.15, -0.1) is 0 Å². The molecule has 0 atom stereocenters. The lowest BCUT2D eigenvalue weighted by molar-refractivity contribution is -0.384. The maximum Gasteiger partial charge on any atom is 0.294 e. The van der Waals surface area contributed by atoms with Gasteiger partial charge in [-0.1, -0.05) is 6.07 Å². The number of benzene rings is 2. The predicted molar refractivity (Wildman–Crippen MR) is 137 cm³/mol. The van der Waals surface area contributed by atoms with Crippen molar-refractivity contribution in [3.8, 4) is 0 Å².